The van der Waals surface area contributed by atoms with E-state index in [1.165, 1.54) is 5.57 Å². The molecule has 0 saturated heterocycles. The third-order valence-electron chi connectivity index (χ3n) is 2.84. The van der Waals surface area contributed by atoms with Crippen LogP contribution in [0.3, 0.4) is 0 Å². The van der Waals surface area contributed by atoms with Crippen molar-refractivity contribution in [1.82, 2.24) is 0 Å². The largest absolute Gasteiger partial charge is 0.490 e. The summed E-state index contributed by atoms with van der Waals surface area (Å²) in [7, 11) is 0. The van der Waals surface area contributed by atoms with Crippen LogP contribution in [0.1, 0.15) is 33.1 Å². The van der Waals surface area contributed by atoms with E-state index >= 15 is 0 Å². The van der Waals surface area contributed by atoms with Crippen LogP contribution in [0.15, 0.2) is 35.6 Å². The van der Waals surface area contributed by atoms with E-state index < -0.39 is 6.17 Å². The molecule has 0 radical (unpaired) electrons. The molecule has 0 aliphatic heterocycles. The second kappa shape index (κ2) is 7.70. The van der Waals surface area contributed by atoms with Gasteiger partial charge in [0.1, 0.15) is 18.0 Å². The first kappa shape index (κ1) is 14.5. The first-order valence-corrected chi connectivity index (χ1v) is 7.20. The van der Waals surface area contributed by atoms with Crippen molar-refractivity contribution in [1.29, 1.82) is 0 Å². The van der Waals surface area contributed by atoms with E-state index in [-0.39, 0.29) is 6.10 Å². The fourth-order valence-corrected chi connectivity index (χ4v) is 2.22. The monoisotopic (exact) mass is 302 g/mol. The number of hydrogen-bond donors (Lipinski definition) is 0. The van der Waals surface area contributed by atoms with Crippen molar-refractivity contribution in [2.45, 2.75) is 45.4 Å². The van der Waals surface area contributed by atoms with Crippen LogP contribution < -0.4 is 0 Å². The number of rotatable bonds is 6. The third-order valence-corrected chi connectivity index (χ3v) is 3.56. The Morgan fingerprint density at radius 1 is 1.71 bits per heavy atom. The Morgan fingerprint density at radius 3 is 2.94 bits per heavy atom. The summed E-state index contributed by atoms with van der Waals surface area (Å²) in [5.41, 5.74) is 1.33. The maximum Gasteiger partial charge on any atom is 0.122 e. The van der Waals surface area contributed by atoms with Gasteiger partial charge in [-0.05, 0) is 31.6 Å². The molecule has 0 aromatic rings. The molecule has 0 aromatic carbocycles. The van der Waals surface area contributed by atoms with Gasteiger partial charge in [-0.2, -0.15) is 0 Å². The number of allylic oxidation sites excluding steroid dienone is 4. The van der Waals surface area contributed by atoms with Crippen molar-refractivity contribution < 1.29 is 9.13 Å². The van der Waals surface area contributed by atoms with Crippen LogP contribution in [0, 0.1) is 0 Å². The Hall–Kier alpha value is -0.570. The molecule has 1 aliphatic rings. The molecule has 1 nitrogen and oxygen atoms in total. The van der Waals surface area contributed by atoms with Gasteiger partial charge in [0.15, 0.2) is 0 Å². The lowest BCUT2D eigenvalue weighted by molar-refractivity contribution is 0.119. The van der Waals surface area contributed by atoms with E-state index in [4.69, 9.17) is 4.74 Å². The lowest BCUT2D eigenvalue weighted by Gasteiger charge is -2.21. The van der Waals surface area contributed by atoms with E-state index in [0.717, 1.165) is 23.9 Å². The molecule has 1 aliphatic carbocycles. The van der Waals surface area contributed by atoms with E-state index in [9.17, 15) is 4.39 Å². The first-order valence-electron chi connectivity index (χ1n) is 6.08. The molecule has 96 valence electrons. The van der Waals surface area contributed by atoms with Crippen LogP contribution in [-0.2, 0) is 4.74 Å². The second-order valence-corrected chi connectivity index (χ2v) is 4.71. The van der Waals surface area contributed by atoms with Crippen LogP contribution >= 0.6 is 15.9 Å². The van der Waals surface area contributed by atoms with Crippen molar-refractivity contribution in [3.63, 3.8) is 0 Å². The number of ether oxygens (including phenoxy) is 1. The van der Waals surface area contributed by atoms with Gasteiger partial charge in [-0.3, -0.25) is 0 Å². The van der Waals surface area contributed by atoms with Crippen molar-refractivity contribution in [2.75, 3.05) is 5.33 Å². The average Bonchev–Trinajstić information content (AvgIpc) is 2.37. The summed E-state index contributed by atoms with van der Waals surface area (Å²) in [6.45, 7) is 4.15. The molecular formula is C14H20BrFO. The van der Waals surface area contributed by atoms with Gasteiger partial charge in [-0.1, -0.05) is 34.5 Å². The van der Waals surface area contributed by atoms with Crippen molar-refractivity contribution >= 4 is 15.9 Å². The van der Waals surface area contributed by atoms with Gasteiger partial charge in [-0.15, -0.1) is 0 Å². The summed E-state index contributed by atoms with van der Waals surface area (Å²) in [5.74, 6) is 0.802. The van der Waals surface area contributed by atoms with E-state index in [2.05, 4.69) is 28.9 Å². The molecule has 3 heteroatoms. The molecule has 0 amide bonds. The van der Waals surface area contributed by atoms with Crippen LogP contribution in [0.25, 0.3) is 0 Å². The Bertz CT molecular complexity index is 320. The average molecular weight is 303 g/mol. The van der Waals surface area contributed by atoms with Crippen molar-refractivity contribution in [3.05, 3.63) is 35.6 Å². The van der Waals surface area contributed by atoms with E-state index in [1.54, 1.807) is 12.2 Å². The van der Waals surface area contributed by atoms with Gasteiger partial charge in [0.25, 0.3) is 0 Å². The summed E-state index contributed by atoms with van der Waals surface area (Å²) in [6, 6.07) is 0. The summed E-state index contributed by atoms with van der Waals surface area (Å²) in [5, 5.41) is 0.880. The Kier molecular flexibility index (Phi) is 6.56. The molecule has 0 saturated carbocycles. The van der Waals surface area contributed by atoms with Crippen LogP contribution in [-0.4, -0.2) is 17.6 Å². The van der Waals surface area contributed by atoms with Crippen LogP contribution in [0.2, 0.25) is 0 Å². The van der Waals surface area contributed by atoms with Gasteiger partial charge in [0, 0.05) is 18.2 Å². The Labute approximate surface area is 112 Å². The number of alkyl halides is 2. The number of halogens is 2. The highest BCUT2D eigenvalue weighted by atomic mass is 79.9. The minimum absolute atomic E-state index is 0.172. The molecule has 0 aromatic heterocycles. The molecular weight excluding hydrogens is 283 g/mol. The fourth-order valence-electron chi connectivity index (χ4n) is 1.67. The standard InChI is InChI=1S/C14H20BrFO/c1-3-11(10-15)9-13(4-2)17-14-7-5-12(16)6-8-14/h3,5,7-8,12-13H,4,6,9-10H2,1-2H3/b11-3+. The first-order chi connectivity index (χ1) is 8.19. The van der Waals surface area contributed by atoms with Gasteiger partial charge in [0.05, 0.1) is 0 Å². The summed E-state index contributed by atoms with van der Waals surface area (Å²) in [4.78, 5) is 0. The highest BCUT2D eigenvalue weighted by Crippen LogP contribution is 2.20. The minimum atomic E-state index is -0.851. The predicted molar refractivity (Wildman–Crippen MR) is 74.1 cm³/mol. The van der Waals surface area contributed by atoms with Gasteiger partial charge in [0.2, 0.25) is 0 Å². The van der Waals surface area contributed by atoms with Crippen molar-refractivity contribution in [3.8, 4) is 0 Å². The van der Waals surface area contributed by atoms with Crippen LogP contribution in [0.5, 0.6) is 0 Å². The normalized spacial score (nSPS) is 22.2. The van der Waals surface area contributed by atoms with E-state index in [0.29, 0.717) is 6.42 Å². The molecule has 2 unspecified atom stereocenters. The molecule has 0 heterocycles. The molecule has 0 fully saturated rings. The van der Waals surface area contributed by atoms with Crippen molar-refractivity contribution in [2.24, 2.45) is 0 Å². The highest BCUT2D eigenvalue weighted by molar-refractivity contribution is 9.09. The highest BCUT2D eigenvalue weighted by Gasteiger charge is 2.13. The smallest absolute Gasteiger partial charge is 0.122 e. The molecule has 1 rings (SSSR count). The van der Waals surface area contributed by atoms with Gasteiger partial charge >= 0.3 is 0 Å². The SMILES string of the molecule is C/C=C(/CBr)CC(CC)OC1=CCC(F)C=C1. The topological polar surface area (TPSA) is 9.23 Å². The molecule has 0 bridgehead atoms. The predicted octanol–water partition coefficient (Wildman–Crippen LogP) is 4.69. The summed E-state index contributed by atoms with van der Waals surface area (Å²) in [6.07, 6.45) is 8.86. The zero-order chi connectivity index (χ0) is 12.7. The minimum Gasteiger partial charge on any atom is -0.490 e. The second-order valence-electron chi connectivity index (χ2n) is 4.15. The zero-order valence-corrected chi connectivity index (χ0v) is 12.0. The molecule has 17 heavy (non-hydrogen) atoms. The summed E-state index contributed by atoms with van der Waals surface area (Å²) < 4.78 is 18.8. The fraction of sp³-hybridized carbons (Fsp3) is 0.571. The lowest BCUT2D eigenvalue weighted by Crippen LogP contribution is -2.14. The quantitative estimate of drug-likeness (QED) is 0.511. The van der Waals surface area contributed by atoms with Crippen LogP contribution in [0.4, 0.5) is 4.39 Å². The lowest BCUT2D eigenvalue weighted by atomic mass is 10.1. The third kappa shape index (κ3) is 5.07. The summed E-state index contributed by atoms with van der Waals surface area (Å²) >= 11 is 3.46. The maximum atomic E-state index is 12.9. The van der Waals surface area contributed by atoms with Gasteiger partial charge < -0.3 is 4.74 Å². The molecule has 0 N–H and O–H groups in total. The zero-order valence-electron chi connectivity index (χ0n) is 10.5. The molecule has 2 atom stereocenters. The van der Waals surface area contributed by atoms with Gasteiger partial charge in [-0.25, -0.2) is 4.39 Å². The molecule has 0 spiro atoms. The Balaban J connectivity index is 2.50. The van der Waals surface area contributed by atoms with E-state index in [1.807, 2.05) is 13.0 Å². The number of hydrogen-bond acceptors (Lipinski definition) is 1. The maximum absolute atomic E-state index is 12.9. The Morgan fingerprint density at radius 2 is 2.47 bits per heavy atom.